The zero-order chi connectivity index (χ0) is 43.9. The minimum Gasteiger partial charge on any atom is -0.857 e. The predicted molar refractivity (Wildman–Crippen MR) is 251 cm³/mol. The molecule has 10 rings (SSSR count). The molecule has 6 fully saturated rings. The van der Waals surface area contributed by atoms with Gasteiger partial charge in [0, 0.05) is 97.5 Å². The summed E-state index contributed by atoms with van der Waals surface area (Å²) in [4.78, 5) is 33.9. The van der Waals surface area contributed by atoms with Crippen molar-refractivity contribution in [3.05, 3.63) is 22.9 Å². The number of amides is 1. The van der Waals surface area contributed by atoms with E-state index in [-0.39, 0.29) is 47.4 Å². The molecule has 3 N–H and O–H groups in total. The van der Waals surface area contributed by atoms with Gasteiger partial charge in [-0.3, -0.25) is 28.8 Å². The van der Waals surface area contributed by atoms with E-state index in [2.05, 4.69) is 61.7 Å². The first kappa shape index (κ1) is 50.1. The topological polar surface area (TPSA) is 153 Å². The number of nitrogens with one attached hydrogen (secondary N) is 1. The number of rotatable bonds is 9. The van der Waals surface area contributed by atoms with Gasteiger partial charge < -0.3 is 30.7 Å². The van der Waals surface area contributed by atoms with Gasteiger partial charge in [0.25, 0.3) is 0 Å². The Labute approximate surface area is 405 Å². The van der Waals surface area contributed by atoms with Crippen molar-refractivity contribution in [2.45, 2.75) is 90.1 Å². The number of hydrogen-bond donors (Lipinski definition) is 2. The summed E-state index contributed by atoms with van der Waals surface area (Å²) in [5.74, 6) is 5.76. The van der Waals surface area contributed by atoms with Gasteiger partial charge in [0.05, 0.1) is 33.5 Å². The van der Waals surface area contributed by atoms with Crippen molar-refractivity contribution in [1.82, 2.24) is 34.7 Å². The van der Waals surface area contributed by atoms with E-state index >= 15 is 0 Å². The summed E-state index contributed by atoms with van der Waals surface area (Å²) in [5.41, 5.74) is 8.14. The van der Waals surface area contributed by atoms with E-state index in [4.69, 9.17) is 25.8 Å². The van der Waals surface area contributed by atoms with Gasteiger partial charge in [-0.15, -0.1) is 22.7 Å². The fourth-order valence-electron chi connectivity index (χ4n) is 9.95. The Morgan fingerprint density at radius 2 is 1.14 bits per heavy atom. The Balaban J connectivity index is 0.000000173. The van der Waals surface area contributed by atoms with Crippen LogP contribution in [0.5, 0.6) is 0 Å². The number of nitrogens with zero attached hydrogens (tertiary/aromatic N) is 8. The molecular formula is C46H73N10NaO4S2. The molecule has 2 unspecified atom stereocenters. The maximum absolute atomic E-state index is 12.6. The van der Waals surface area contributed by atoms with Crippen LogP contribution in [-0.4, -0.2) is 133 Å². The summed E-state index contributed by atoms with van der Waals surface area (Å²) in [6.07, 6.45) is 12.1. The molecule has 4 saturated carbocycles. The molecule has 0 aromatic carbocycles. The third kappa shape index (κ3) is 13.0. The molecule has 63 heavy (non-hydrogen) atoms. The molecule has 6 heterocycles. The van der Waals surface area contributed by atoms with Crippen molar-refractivity contribution in [2.75, 3.05) is 89.5 Å². The van der Waals surface area contributed by atoms with E-state index in [1.54, 1.807) is 22.7 Å². The number of hydrogen-bond acceptors (Lipinski definition) is 13. The van der Waals surface area contributed by atoms with E-state index in [1.807, 2.05) is 23.5 Å². The molecular weight excluding hydrogens is 844 g/mol. The molecule has 0 radical (unpaired) electrons. The first-order valence-electron chi connectivity index (χ1n) is 23.3. The number of thiophene rings is 2. The molecule has 6 aliphatic rings. The molecule has 4 atom stereocenters. The van der Waals surface area contributed by atoms with Crippen molar-refractivity contribution in [3.63, 3.8) is 0 Å². The Hall–Kier alpha value is -2.28. The number of carbonyl (C=O) groups excluding carboxylic acids is 2. The van der Waals surface area contributed by atoms with Gasteiger partial charge in [0.15, 0.2) is 11.6 Å². The van der Waals surface area contributed by atoms with Crippen molar-refractivity contribution in [2.24, 2.45) is 55.3 Å². The van der Waals surface area contributed by atoms with Crippen LogP contribution in [-0.2, 0) is 28.4 Å². The van der Waals surface area contributed by atoms with Crippen molar-refractivity contribution >= 4 is 66.6 Å². The van der Waals surface area contributed by atoms with Crippen molar-refractivity contribution in [3.8, 4) is 0 Å². The summed E-state index contributed by atoms with van der Waals surface area (Å²) in [6, 6.07) is 5.23. The van der Waals surface area contributed by atoms with Crippen LogP contribution >= 0.6 is 22.7 Å². The molecule has 14 nitrogen and oxygen atoms in total. The number of aryl methyl sites for hydroxylation is 2. The average Bonchev–Trinajstić information content (AvgIpc) is 3.95. The molecule has 344 valence electrons. The Morgan fingerprint density at radius 3 is 1.59 bits per heavy atom. The number of aromatic nitrogens is 4. The SMILES string of the molecule is CC1CCC(N)CC1.CC1CCC(NC(=O)[C@@H]2CC2CN2CCN(c3nn(C)c4ccsc34)CC2)CC1.COC(=O)[C@@H]1CC1CN1CCN(c2nn(C)c3ccsc23)CC1.C[O-].[Na+]. The zero-order valence-electron chi connectivity index (χ0n) is 39.2. The number of ether oxygens (including phenoxy) is 1. The zero-order valence-corrected chi connectivity index (χ0v) is 42.8. The number of esters is 1. The second-order valence-electron chi connectivity index (χ2n) is 19.0. The number of nitrogens with two attached hydrogens (primary N) is 1. The molecule has 4 aliphatic carbocycles. The minimum atomic E-state index is -0.0396. The summed E-state index contributed by atoms with van der Waals surface area (Å²) >= 11 is 3.55. The second-order valence-corrected chi connectivity index (χ2v) is 20.8. The van der Waals surface area contributed by atoms with Crippen LogP contribution in [0.25, 0.3) is 20.4 Å². The largest absolute Gasteiger partial charge is 1.00 e. The van der Waals surface area contributed by atoms with E-state index in [1.165, 1.54) is 66.1 Å². The fraction of sp³-hybridized carbons (Fsp3) is 0.739. The Morgan fingerprint density at radius 1 is 0.714 bits per heavy atom. The molecule has 4 aromatic heterocycles. The predicted octanol–water partition coefficient (Wildman–Crippen LogP) is 2.16. The third-order valence-corrected chi connectivity index (χ3v) is 16.1. The van der Waals surface area contributed by atoms with Gasteiger partial charge >= 0.3 is 35.5 Å². The van der Waals surface area contributed by atoms with Gasteiger partial charge in [-0.25, -0.2) is 0 Å². The maximum atomic E-state index is 12.6. The molecule has 2 aliphatic heterocycles. The van der Waals surface area contributed by atoms with E-state index in [0.29, 0.717) is 29.8 Å². The van der Waals surface area contributed by atoms with Gasteiger partial charge in [0.2, 0.25) is 5.91 Å². The summed E-state index contributed by atoms with van der Waals surface area (Å²) in [6.45, 7) is 15.0. The van der Waals surface area contributed by atoms with Crippen LogP contribution in [0.3, 0.4) is 0 Å². The van der Waals surface area contributed by atoms with Gasteiger partial charge in [-0.1, -0.05) is 13.8 Å². The number of piperazine rings is 2. The molecule has 2 saturated heterocycles. The summed E-state index contributed by atoms with van der Waals surface area (Å²) in [5, 5.41) is 25.3. The third-order valence-electron chi connectivity index (χ3n) is 14.3. The van der Waals surface area contributed by atoms with Crippen LogP contribution in [0.1, 0.15) is 78.1 Å². The fourth-order valence-corrected chi connectivity index (χ4v) is 11.8. The summed E-state index contributed by atoms with van der Waals surface area (Å²) < 4.78 is 11.4. The molecule has 1 amide bonds. The first-order valence-corrected chi connectivity index (χ1v) is 25.1. The molecule has 0 spiro atoms. The van der Waals surface area contributed by atoms with Crippen LogP contribution in [0.15, 0.2) is 22.9 Å². The average molecular weight is 917 g/mol. The Bertz CT molecular complexity index is 2010. The summed E-state index contributed by atoms with van der Waals surface area (Å²) in [7, 11) is 6.27. The number of anilines is 2. The smallest absolute Gasteiger partial charge is 0.857 e. The minimum absolute atomic E-state index is 0. The van der Waals surface area contributed by atoms with Crippen LogP contribution in [0.4, 0.5) is 11.6 Å². The van der Waals surface area contributed by atoms with Gasteiger partial charge in [-0.2, -0.15) is 17.3 Å². The Kier molecular flexibility index (Phi) is 18.7. The standard InChI is InChI=1S/C22H33N5OS.C16H22N4O2S.C7H15N.CH3O.Na/c1-15-3-5-17(6-4-15)23-22(28)18-13-16(18)14-26-8-10-27(11-9-26)21-20-19(7-12-29-20)25(2)24-21;1-18-13-3-8-23-14(13)15(17-18)20-6-4-19(5-7-20)10-11-9-12(11)16(21)22-2;1-6-2-4-7(8)5-3-6;1-2;/h7,12,15-18H,3-6,8-11,13-14H2,1-2H3,(H,23,28);3,8,11-12H,4-7,9-10H2,1-2H3;6-7H,2-5,8H2,1H3;1H3;/q;;;-1;+1/t15?,16?,17?,18-;11?,12-;;;/m11.../s1. The van der Waals surface area contributed by atoms with Crippen molar-refractivity contribution in [1.29, 1.82) is 0 Å². The van der Waals surface area contributed by atoms with Gasteiger partial charge in [0.1, 0.15) is 0 Å². The first-order chi connectivity index (χ1) is 30.0. The van der Waals surface area contributed by atoms with Gasteiger partial charge in [-0.05, 0) is 111 Å². The van der Waals surface area contributed by atoms with Crippen LogP contribution in [0.2, 0.25) is 0 Å². The number of methoxy groups -OCH3 is 1. The van der Waals surface area contributed by atoms with E-state index < -0.39 is 0 Å². The second kappa shape index (κ2) is 23.4. The maximum Gasteiger partial charge on any atom is 1.00 e. The molecule has 17 heteroatoms. The van der Waals surface area contributed by atoms with E-state index in [9.17, 15) is 9.59 Å². The monoisotopic (exact) mass is 917 g/mol. The number of fused-ring (bicyclic) bond motifs is 2. The van der Waals surface area contributed by atoms with Crippen LogP contribution in [0, 0.1) is 35.5 Å². The number of carbonyl (C=O) groups is 2. The quantitative estimate of drug-likeness (QED) is 0.188. The van der Waals surface area contributed by atoms with E-state index in [0.717, 1.165) is 122 Å². The molecule has 0 bridgehead atoms. The van der Waals surface area contributed by atoms with Crippen molar-refractivity contribution < 1.29 is 49.0 Å². The normalized spacial score (nSPS) is 28.4. The molecule has 4 aromatic rings. The van der Waals surface area contributed by atoms with Crippen LogP contribution < -0.4 is 55.5 Å².